The molecule has 2 heteroatoms. The normalized spacial score (nSPS) is 18.6. The Balaban J connectivity index is 2.11. The van der Waals surface area contributed by atoms with Gasteiger partial charge < -0.3 is 5.11 Å². The van der Waals surface area contributed by atoms with Gasteiger partial charge in [0.15, 0.2) is 0 Å². The molecule has 1 aliphatic rings. The number of halogens is 1. The molecule has 0 heterocycles. The van der Waals surface area contributed by atoms with Crippen LogP contribution in [0, 0.1) is 11.8 Å². The topological polar surface area (TPSA) is 20.2 Å². The maximum Gasteiger partial charge on any atom is 0.125 e. The molecule has 0 atom stereocenters. The van der Waals surface area contributed by atoms with Crippen LogP contribution in [0.5, 0.6) is 0 Å². The van der Waals surface area contributed by atoms with Gasteiger partial charge in [0.2, 0.25) is 0 Å². The Labute approximate surface area is 105 Å². The van der Waals surface area contributed by atoms with Gasteiger partial charge in [-0.15, -0.1) is 0 Å². The summed E-state index contributed by atoms with van der Waals surface area (Å²) in [6.45, 7) is 0. The molecule has 2 rings (SSSR count). The minimum atomic E-state index is -0.745. The number of benzene rings is 1. The second-order valence-electron chi connectivity index (χ2n) is 4.35. The van der Waals surface area contributed by atoms with E-state index < -0.39 is 5.60 Å². The summed E-state index contributed by atoms with van der Waals surface area (Å²) in [5.41, 5.74) is 0.216. The summed E-state index contributed by atoms with van der Waals surface area (Å²) in [5, 5.41) is 10.2. The van der Waals surface area contributed by atoms with E-state index >= 15 is 0 Å². The molecule has 1 aromatic carbocycles. The lowest BCUT2D eigenvalue weighted by molar-refractivity contribution is 0.0610. The maximum absolute atomic E-state index is 10.2. The monoisotopic (exact) mass is 278 g/mol. The van der Waals surface area contributed by atoms with Crippen LogP contribution < -0.4 is 0 Å². The highest BCUT2D eigenvalue weighted by Crippen LogP contribution is 2.27. The SMILES string of the molecule is OC1(C#Cc2ccc(Br)cc2)CCCCC1. The van der Waals surface area contributed by atoms with E-state index in [0.717, 1.165) is 35.7 Å². The molecular weight excluding hydrogens is 264 g/mol. The van der Waals surface area contributed by atoms with Crippen LogP contribution in [0.25, 0.3) is 0 Å². The molecule has 84 valence electrons. The molecule has 0 unspecified atom stereocenters. The largest absolute Gasteiger partial charge is 0.378 e. The molecule has 0 aromatic heterocycles. The Morgan fingerprint density at radius 3 is 2.31 bits per heavy atom. The highest BCUT2D eigenvalue weighted by atomic mass is 79.9. The van der Waals surface area contributed by atoms with Gasteiger partial charge in [-0.25, -0.2) is 0 Å². The predicted octanol–water partition coefficient (Wildman–Crippen LogP) is 3.50. The molecule has 1 fully saturated rings. The average Bonchev–Trinajstić information content (AvgIpc) is 2.29. The maximum atomic E-state index is 10.2. The number of hydrogen-bond acceptors (Lipinski definition) is 1. The Bertz CT molecular complexity index is 405. The first kappa shape index (κ1) is 11.7. The van der Waals surface area contributed by atoms with Crippen molar-refractivity contribution in [2.75, 3.05) is 0 Å². The van der Waals surface area contributed by atoms with Gasteiger partial charge in [0.05, 0.1) is 0 Å². The Hall–Kier alpha value is -0.780. The zero-order valence-electron chi connectivity index (χ0n) is 9.17. The lowest BCUT2D eigenvalue weighted by Crippen LogP contribution is -2.29. The lowest BCUT2D eigenvalue weighted by Gasteiger charge is -2.26. The van der Waals surface area contributed by atoms with Gasteiger partial charge >= 0.3 is 0 Å². The molecule has 1 saturated carbocycles. The third-order valence-electron chi connectivity index (χ3n) is 2.96. The molecule has 0 saturated heterocycles. The van der Waals surface area contributed by atoms with Crippen LogP contribution in [0.3, 0.4) is 0 Å². The van der Waals surface area contributed by atoms with E-state index in [1.807, 2.05) is 24.3 Å². The van der Waals surface area contributed by atoms with Crippen molar-refractivity contribution in [3.05, 3.63) is 34.3 Å². The van der Waals surface area contributed by atoms with E-state index in [-0.39, 0.29) is 0 Å². The van der Waals surface area contributed by atoms with Crippen molar-refractivity contribution >= 4 is 15.9 Å². The van der Waals surface area contributed by atoms with Gasteiger partial charge in [0.25, 0.3) is 0 Å². The van der Waals surface area contributed by atoms with Gasteiger partial charge in [0.1, 0.15) is 5.60 Å². The van der Waals surface area contributed by atoms with Crippen molar-refractivity contribution in [3.8, 4) is 11.8 Å². The first-order valence-corrected chi connectivity index (χ1v) is 6.48. The molecule has 0 amide bonds. The Morgan fingerprint density at radius 1 is 1.06 bits per heavy atom. The van der Waals surface area contributed by atoms with Crippen LogP contribution in [0.2, 0.25) is 0 Å². The van der Waals surface area contributed by atoms with E-state index in [1.165, 1.54) is 6.42 Å². The summed E-state index contributed by atoms with van der Waals surface area (Å²) >= 11 is 3.39. The van der Waals surface area contributed by atoms with Crippen LogP contribution in [0.1, 0.15) is 37.7 Å². The van der Waals surface area contributed by atoms with Gasteiger partial charge in [-0.2, -0.15) is 0 Å². The van der Waals surface area contributed by atoms with Crippen LogP contribution in [0.4, 0.5) is 0 Å². The Kier molecular flexibility index (Phi) is 3.68. The van der Waals surface area contributed by atoms with E-state index in [2.05, 4.69) is 27.8 Å². The molecule has 1 aliphatic carbocycles. The molecule has 16 heavy (non-hydrogen) atoms. The van der Waals surface area contributed by atoms with Crippen LogP contribution in [-0.4, -0.2) is 10.7 Å². The predicted molar refractivity (Wildman–Crippen MR) is 69.1 cm³/mol. The molecule has 1 aromatic rings. The summed E-state index contributed by atoms with van der Waals surface area (Å²) in [5.74, 6) is 6.09. The number of aliphatic hydroxyl groups is 1. The fourth-order valence-corrected chi connectivity index (χ4v) is 2.25. The fourth-order valence-electron chi connectivity index (χ4n) is 1.98. The summed E-state index contributed by atoms with van der Waals surface area (Å²) in [6.07, 6.45) is 5.03. The van der Waals surface area contributed by atoms with E-state index in [4.69, 9.17) is 0 Å². The van der Waals surface area contributed by atoms with Crippen molar-refractivity contribution < 1.29 is 5.11 Å². The van der Waals surface area contributed by atoms with Crippen molar-refractivity contribution in [1.82, 2.24) is 0 Å². The quantitative estimate of drug-likeness (QED) is 0.721. The molecule has 0 spiro atoms. The van der Waals surface area contributed by atoms with Gasteiger partial charge in [0, 0.05) is 10.0 Å². The minimum absolute atomic E-state index is 0.745. The summed E-state index contributed by atoms with van der Waals surface area (Å²) in [6, 6.07) is 7.86. The lowest BCUT2D eigenvalue weighted by atomic mass is 9.85. The minimum Gasteiger partial charge on any atom is -0.378 e. The summed E-state index contributed by atoms with van der Waals surface area (Å²) in [4.78, 5) is 0. The van der Waals surface area contributed by atoms with Crippen molar-refractivity contribution in [2.45, 2.75) is 37.7 Å². The van der Waals surface area contributed by atoms with Gasteiger partial charge in [-0.3, -0.25) is 0 Å². The molecule has 0 aliphatic heterocycles. The van der Waals surface area contributed by atoms with Gasteiger partial charge in [-0.05, 0) is 49.9 Å². The summed E-state index contributed by atoms with van der Waals surface area (Å²) in [7, 11) is 0. The van der Waals surface area contributed by atoms with Crippen molar-refractivity contribution in [2.24, 2.45) is 0 Å². The first-order chi connectivity index (χ1) is 7.68. The second-order valence-corrected chi connectivity index (χ2v) is 5.26. The number of rotatable bonds is 0. The smallest absolute Gasteiger partial charge is 0.125 e. The van der Waals surface area contributed by atoms with Crippen LogP contribution in [-0.2, 0) is 0 Å². The highest BCUT2D eigenvalue weighted by molar-refractivity contribution is 9.10. The van der Waals surface area contributed by atoms with Crippen LogP contribution >= 0.6 is 15.9 Å². The fraction of sp³-hybridized carbons (Fsp3) is 0.429. The standard InChI is InChI=1S/C14H15BrO/c15-13-6-4-12(5-7-13)8-11-14(16)9-2-1-3-10-14/h4-7,16H,1-3,9-10H2. The molecule has 0 radical (unpaired) electrons. The zero-order valence-corrected chi connectivity index (χ0v) is 10.8. The molecule has 1 nitrogen and oxygen atoms in total. The van der Waals surface area contributed by atoms with Crippen molar-refractivity contribution in [3.63, 3.8) is 0 Å². The molecule has 0 bridgehead atoms. The second kappa shape index (κ2) is 5.03. The number of hydrogen-bond donors (Lipinski definition) is 1. The first-order valence-electron chi connectivity index (χ1n) is 5.69. The summed E-state index contributed by atoms with van der Waals surface area (Å²) < 4.78 is 1.05. The highest BCUT2D eigenvalue weighted by Gasteiger charge is 2.26. The van der Waals surface area contributed by atoms with E-state index in [9.17, 15) is 5.11 Å². The third-order valence-corrected chi connectivity index (χ3v) is 3.49. The van der Waals surface area contributed by atoms with Crippen molar-refractivity contribution in [1.29, 1.82) is 0 Å². The average molecular weight is 279 g/mol. The van der Waals surface area contributed by atoms with Crippen LogP contribution in [0.15, 0.2) is 28.7 Å². The zero-order chi connectivity index (χ0) is 11.4. The Morgan fingerprint density at radius 2 is 1.69 bits per heavy atom. The van der Waals surface area contributed by atoms with Gasteiger partial charge in [-0.1, -0.05) is 34.2 Å². The van der Waals surface area contributed by atoms with E-state index in [1.54, 1.807) is 0 Å². The molecule has 1 N–H and O–H groups in total. The third kappa shape index (κ3) is 3.10. The molecular formula is C14H15BrO. The van der Waals surface area contributed by atoms with E-state index in [0.29, 0.717) is 0 Å².